The Hall–Kier alpha value is -1.34. The number of phosphoric acid groups is 1. The maximum atomic E-state index is 12.8. The van der Waals surface area contributed by atoms with Gasteiger partial charge in [-0.15, -0.1) is 0 Å². The molecule has 15 N–H and O–H groups in total. The summed E-state index contributed by atoms with van der Waals surface area (Å²) >= 11 is 0. The Morgan fingerprint density at radius 3 is 1.93 bits per heavy atom. The van der Waals surface area contributed by atoms with Crippen molar-refractivity contribution in [1.29, 1.82) is 0 Å². The Morgan fingerprint density at radius 1 is 0.782 bits per heavy atom. The third kappa shape index (κ3) is 12.8. The van der Waals surface area contributed by atoms with Crippen molar-refractivity contribution >= 4 is 13.9 Å². The van der Waals surface area contributed by atoms with Gasteiger partial charge in [-0.3, -0.25) is 9.05 Å². The highest BCUT2D eigenvalue weighted by atomic mass is 31.2. The third-order valence-corrected chi connectivity index (χ3v) is 9.44. The summed E-state index contributed by atoms with van der Waals surface area (Å²) in [5.41, 5.74) is 4.67. The van der Waals surface area contributed by atoms with Gasteiger partial charge in [0.2, 0.25) is 0 Å². The first-order valence-corrected chi connectivity index (χ1v) is 18.7. The van der Waals surface area contributed by atoms with Crippen molar-refractivity contribution in [1.82, 2.24) is 5.32 Å². The summed E-state index contributed by atoms with van der Waals surface area (Å²) in [7, 11) is -5.13. The van der Waals surface area contributed by atoms with Crippen LogP contribution in [0.25, 0.3) is 0 Å². The number of amides is 1. The van der Waals surface area contributed by atoms with E-state index in [1.165, 1.54) is 0 Å². The zero-order chi connectivity index (χ0) is 41.4. The molecule has 0 aliphatic carbocycles. The number of hydrogen-bond donors (Lipinski definition) is 14. The highest BCUT2D eigenvalue weighted by Gasteiger charge is 2.56. The van der Waals surface area contributed by atoms with Crippen molar-refractivity contribution in [2.24, 2.45) is 5.73 Å². The van der Waals surface area contributed by atoms with Crippen molar-refractivity contribution in [3.05, 3.63) is 0 Å². The molecule has 0 aromatic carbocycles. The van der Waals surface area contributed by atoms with E-state index in [0.29, 0.717) is 0 Å². The minimum atomic E-state index is -5.13. The number of carbonyl (C=O) groups excluding carboxylic acids is 1. The Kier molecular flexibility index (Phi) is 18.4. The summed E-state index contributed by atoms with van der Waals surface area (Å²) in [6, 6.07) is 0. The van der Waals surface area contributed by atoms with Crippen LogP contribution in [0.2, 0.25) is 0 Å². The van der Waals surface area contributed by atoms with Gasteiger partial charge in [0.05, 0.1) is 33.0 Å². The van der Waals surface area contributed by atoms with E-state index < -0.39 is 150 Å². The minimum Gasteiger partial charge on any atom is -0.444 e. The Balaban J connectivity index is 1.87. The molecule has 3 fully saturated rings. The monoisotopic (exact) mass is 830 g/mol. The van der Waals surface area contributed by atoms with Gasteiger partial charge in [0.1, 0.15) is 91.1 Å². The van der Waals surface area contributed by atoms with Gasteiger partial charge in [0, 0.05) is 13.1 Å². The lowest BCUT2D eigenvalue weighted by Gasteiger charge is -2.50. The smallest absolute Gasteiger partial charge is 0.444 e. The molecule has 26 heteroatoms. The molecule has 18 atom stereocenters. The van der Waals surface area contributed by atoms with Gasteiger partial charge in [-0.2, -0.15) is 0 Å². The molecule has 0 radical (unpaired) electrons. The first-order chi connectivity index (χ1) is 25.7. The van der Waals surface area contributed by atoms with Crippen LogP contribution in [0.3, 0.4) is 0 Å². The zero-order valence-corrected chi connectivity index (χ0v) is 31.0. The van der Waals surface area contributed by atoms with E-state index >= 15 is 0 Å². The number of aliphatic hydroxyl groups excluding tert-OH is 11. The van der Waals surface area contributed by atoms with Gasteiger partial charge in [-0.05, 0) is 20.8 Å². The summed E-state index contributed by atoms with van der Waals surface area (Å²) in [5, 5.41) is 118. The van der Waals surface area contributed by atoms with E-state index in [2.05, 4.69) is 5.32 Å². The summed E-state index contributed by atoms with van der Waals surface area (Å²) < 4.78 is 61.3. The molecule has 55 heavy (non-hydrogen) atoms. The van der Waals surface area contributed by atoms with Crippen molar-refractivity contribution < 1.29 is 113 Å². The van der Waals surface area contributed by atoms with Crippen molar-refractivity contribution in [2.45, 2.75) is 131 Å². The van der Waals surface area contributed by atoms with E-state index in [4.69, 9.17) is 47.9 Å². The summed E-state index contributed by atoms with van der Waals surface area (Å²) in [6.07, 6.45) is -34.1. The number of alkyl carbamates (subject to hydrolysis) is 1. The fraction of sp³-hybridized carbons (Fsp3) is 0.966. The number of hydrogen-bond acceptors (Lipinski definition) is 23. The number of rotatable bonds is 18. The minimum absolute atomic E-state index is 0.104. The molecule has 324 valence electrons. The second-order valence-corrected chi connectivity index (χ2v) is 15.2. The van der Waals surface area contributed by atoms with Crippen LogP contribution >= 0.6 is 7.82 Å². The maximum Gasteiger partial charge on any atom is 0.472 e. The molecule has 25 nitrogen and oxygen atoms in total. The Bertz CT molecular complexity index is 1220. The van der Waals surface area contributed by atoms with E-state index in [1.54, 1.807) is 20.8 Å². The van der Waals surface area contributed by atoms with Crippen LogP contribution in [0.1, 0.15) is 20.8 Å². The van der Waals surface area contributed by atoms with Crippen molar-refractivity contribution in [3.63, 3.8) is 0 Å². The standard InChI is InChI=1S/C29H55N2O23P/c1-29(2,3)53-28(43)31-5-7-47-55(44,45)54-13(10-34)22-17(39)16(38)19(41)27(50-22)51-23-20(42)25(46-6-4-30)49-21(11(35)8-32)24(23)52-26-18(40)15(37)14(36)12(9-33)48-26/h11-27,32-42H,4-10,30H2,1-3H3,(H,31,43)(H,44,45)/t11-,12-,13-,14-,15+,16+,17+,18-,19+,20+,21-,22-,23-,24-,25+,26+,27-/m1/s1. The second-order valence-electron chi connectivity index (χ2n) is 13.8. The molecular weight excluding hydrogens is 775 g/mol. The van der Waals surface area contributed by atoms with Crippen molar-refractivity contribution in [2.75, 3.05) is 46.1 Å². The lowest BCUT2D eigenvalue weighted by Crippen LogP contribution is -2.68. The van der Waals surface area contributed by atoms with Crippen molar-refractivity contribution in [3.8, 4) is 0 Å². The fourth-order valence-corrected chi connectivity index (χ4v) is 6.62. The normalized spacial score (nSPS) is 39.5. The summed E-state index contributed by atoms with van der Waals surface area (Å²) in [4.78, 5) is 22.1. The molecule has 3 aliphatic rings. The van der Waals surface area contributed by atoms with E-state index in [1.807, 2.05) is 0 Å². The number of nitrogens with one attached hydrogen (secondary N) is 1. The van der Waals surface area contributed by atoms with Crippen LogP contribution in [-0.4, -0.2) is 223 Å². The third-order valence-electron chi connectivity index (χ3n) is 8.40. The molecule has 0 saturated carbocycles. The van der Waals surface area contributed by atoms with Gasteiger partial charge in [0.15, 0.2) is 18.9 Å². The predicted octanol–water partition coefficient (Wildman–Crippen LogP) is -7.20. The molecule has 3 aliphatic heterocycles. The van der Waals surface area contributed by atoms with Crippen LogP contribution in [0.5, 0.6) is 0 Å². The topological polar surface area (TPSA) is 398 Å². The summed E-state index contributed by atoms with van der Waals surface area (Å²) in [6.45, 7) is 0.450. The predicted molar refractivity (Wildman–Crippen MR) is 175 cm³/mol. The molecule has 3 heterocycles. The second kappa shape index (κ2) is 21.1. The van der Waals surface area contributed by atoms with Gasteiger partial charge in [-0.25, -0.2) is 9.36 Å². The SMILES string of the molecule is CC(C)(C)OC(=O)NCCOP(=O)(O)O[C@H](CO)[C@H]1O[C@H](O[C@@H]2[C@H](O)[C@@H](OCCN)O[C@H]([C@H](O)CO)[C@H]2O[C@@H]2O[C@H](CO)[C@@H](O)[C@H](O)[C@H]2O)[C@@H](O)[C@@H](O)[C@@H]1O. The van der Waals surface area contributed by atoms with Crippen LogP contribution in [0.15, 0.2) is 0 Å². The van der Waals surface area contributed by atoms with E-state index in [9.17, 15) is 70.4 Å². The quantitative estimate of drug-likeness (QED) is 0.0451. The lowest BCUT2D eigenvalue weighted by atomic mass is 9.93. The number of phosphoric ester groups is 1. The first-order valence-electron chi connectivity index (χ1n) is 17.2. The van der Waals surface area contributed by atoms with Crippen LogP contribution < -0.4 is 11.1 Å². The lowest BCUT2D eigenvalue weighted by molar-refractivity contribution is -0.392. The van der Waals surface area contributed by atoms with Gasteiger partial charge in [-0.1, -0.05) is 0 Å². The number of carbonyl (C=O) groups is 1. The molecular formula is C29H55N2O23P. The molecule has 0 aromatic heterocycles. The maximum absolute atomic E-state index is 12.8. The van der Waals surface area contributed by atoms with Crippen LogP contribution in [0, 0.1) is 0 Å². The Labute approximate surface area is 314 Å². The number of ether oxygens (including phenoxy) is 7. The molecule has 1 amide bonds. The number of nitrogens with two attached hydrogens (primary N) is 1. The largest absolute Gasteiger partial charge is 0.472 e. The Morgan fingerprint density at radius 2 is 1.36 bits per heavy atom. The van der Waals surface area contributed by atoms with Gasteiger partial charge >= 0.3 is 13.9 Å². The fourth-order valence-electron chi connectivity index (χ4n) is 5.71. The molecule has 0 spiro atoms. The zero-order valence-electron chi connectivity index (χ0n) is 30.1. The summed E-state index contributed by atoms with van der Waals surface area (Å²) in [5.74, 6) is 0. The number of aliphatic hydroxyl groups is 11. The molecule has 3 rings (SSSR count). The van der Waals surface area contributed by atoms with Crippen LogP contribution in [0.4, 0.5) is 4.79 Å². The van der Waals surface area contributed by atoms with Gasteiger partial charge in [0.25, 0.3) is 0 Å². The molecule has 0 bridgehead atoms. The first kappa shape index (κ1) is 48.0. The van der Waals surface area contributed by atoms with Crippen LogP contribution in [-0.2, 0) is 46.8 Å². The average molecular weight is 831 g/mol. The van der Waals surface area contributed by atoms with Gasteiger partial charge < -0.3 is 105 Å². The van der Waals surface area contributed by atoms with E-state index in [0.717, 1.165) is 0 Å². The van der Waals surface area contributed by atoms with E-state index in [-0.39, 0.29) is 19.7 Å². The molecule has 3 saturated heterocycles. The average Bonchev–Trinajstić information content (AvgIpc) is 3.12. The molecule has 1 unspecified atom stereocenters. The highest BCUT2D eigenvalue weighted by Crippen LogP contribution is 2.46. The molecule has 0 aromatic rings. The highest BCUT2D eigenvalue weighted by molar-refractivity contribution is 7.47.